The molecule has 1 aromatic carbocycles. The Morgan fingerprint density at radius 3 is 2.70 bits per heavy atom. The Hall–Kier alpha value is -3.47. The molecule has 142 valence electrons. The highest BCUT2D eigenvalue weighted by Crippen LogP contribution is 2.30. The fourth-order valence-corrected chi connectivity index (χ4v) is 2.71. The number of hydrogen-bond donors (Lipinski definition) is 1. The summed E-state index contributed by atoms with van der Waals surface area (Å²) in [6.45, 7) is -0.305. The molecule has 1 aliphatic heterocycles. The number of H-pyrrole nitrogens is 1. The Morgan fingerprint density at radius 1 is 1.30 bits per heavy atom. The maximum Gasteiger partial charge on any atom is 0.338 e. The highest BCUT2D eigenvalue weighted by molar-refractivity contribution is 5.89. The predicted molar refractivity (Wildman–Crippen MR) is 88.4 cm³/mol. The van der Waals surface area contributed by atoms with Crippen LogP contribution >= 0.6 is 0 Å². The molecular weight excluding hydrogens is 362 g/mol. The van der Waals surface area contributed by atoms with Gasteiger partial charge >= 0.3 is 11.7 Å². The van der Waals surface area contributed by atoms with E-state index >= 15 is 0 Å². The molecule has 1 N–H and O–H groups in total. The van der Waals surface area contributed by atoms with Crippen molar-refractivity contribution in [3.63, 3.8) is 0 Å². The number of carbonyl (C=O) groups excluding carboxylic acids is 1. The van der Waals surface area contributed by atoms with Gasteiger partial charge in [-0.3, -0.25) is 14.3 Å². The molecule has 1 aliphatic rings. The zero-order chi connectivity index (χ0) is 19.4. The Morgan fingerprint density at radius 2 is 2.04 bits per heavy atom. The van der Waals surface area contributed by atoms with Gasteiger partial charge in [0, 0.05) is 18.7 Å². The lowest BCUT2D eigenvalue weighted by molar-refractivity contribution is -0.769. The van der Waals surface area contributed by atoms with Crippen molar-refractivity contribution in [2.75, 3.05) is 6.61 Å². The predicted octanol–water partition coefficient (Wildman–Crippen LogP) is 0.258. The van der Waals surface area contributed by atoms with Crippen molar-refractivity contribution in [2.24, 2.45) is 0 Å². The van der Waals surface area contributed by atoms with Gasteiger partial charge in [0.05, 0.1) is 5.56 Å². The Kier molecular flexibility index (Phi) is 5.31. The minimum absolute atomic E-state index is 0.0412. The van der Waals surface area contributed by atoms with Crippen LogP contribution in [0.25, 0.3) is 0 Å². The molecule has 3 rings (SSSR count). The Bertz CT molecular complexity index is 938. The van der Waals surface area contributed by atoms with E-state index in [0.29, 0.717) is 5.56 Å². The minimum Gasteiger partial charge on any atom is -0.459 e. The normalized spacial score (nSPS) is 21.6. The second-order valence-electron chi connectivity index (χ2n) is 5.71. The van der Waals surface area contributed by atoms with E-state index in [1.165, 1.54) is 6.20 Å². The molecule has 1 saturated heterocycles. The van der Waals surface area contributed by atoms with E-state index in [9.17, 15) is 24.5 Å². The van der Waals surface area contributed by atoms with Gasteiger partial charge in [-0.15, -0.1) is 10.1 Å². The molecule has 2 heterocycles. The number of esters is 1. The summed E-state index contributed by atoms with van der Waals surface area (Å²) in [5.74, 6) is -0.622. The van der Waals surface area contributed by atoms with Crippen molar-refractivity contribution in [3.8, 4) is 0 Å². The van der Waals surface area contributed by atoms with E-state index in [4.69, 9.17) is 9.47 Å². The number of aromatic nitrogens is 2. The third-order valence-corrected chi connectivity index (χ3v) is 3.95. The molecule has 0 unspecified atom stereocenters. The van der Waals surface area contributed by atoms with Crippen molar-refractivity contribution < 1.29 is 24.2 Å². The maximum atomic E-state index is 12.0. The van der Waals surface area contributed by atoms with Gasteiger partial charge in [0.1, 0.15) is 25.0 Å². The average molecular weight is 377 g/mol. The highest BCUT2D eigenvalue weighted by atomic mass is 17.0. The van der Waals surface area contributed by atoms with Gasteiger partial charge in [-0.05, 0) is 12.1 Å². The molecule has 0 amide bonds. The van der Waals surface area contributed by atoms with Crippen LogP contribution in [0.15, 0.2) is 52.2 Å². The lowest BCUT2D eigenvalue weighted by Crippen LogP contribution is -2.32. The second-order valence-corrected chi connectivity index (χ2v) is 5.71. The smallest absolute Gasteiger partial charge is 0.338 e. The third-order valence-electron chi connectivity index (χ3n) is 3.95. The molecule has 1 aromatic heterocycles. The largest absolute Gasteiger partial charge is 0.459 e. The Labute approximate surface area is 151 Å². The fourth-order valence-electron chi connectivity index (χ4n) is 2.71. The van der Waals surface area contributed by atoms with Crippen LogP contribution in [0.4, 0.5) is 0 Å². The summed E-state index contributed by atoms with van der Waals surface area (Å²) in [5.41, 5.74) is -0.995. The number of ether oxygens (including phenoxy) is 2. The molecule has 0 spiro atoms. The minimum atomic E-state index is -1.05. The molecule has 11 heteroatoms. The molecule has 11 nitrogen and oxygen atoms in total. The standard InChI is InChI=1S/C16H15N3O8/c20-13-6-7-18(16(22)17-13)14-8-11(27-19(23)24)12(26-14)9-25-15(21)10-4-2-1-3-5-10/h1-7,11-12,14H,8-9H2,(H,17,20,22)/t11-,12+,14+/m0/s1. The van der Waals surface area contributed by atoms with Crippen LogP contribution in [0.5, 0.6) is 0 Å². The zero-order valence-corrected chi connectivity index (χ0v) is 13.8. The molecule has 3 atom stereocenters. The van der Waals surface area contributed by atoms with Crippen LogP contribution in [-0.2, 0) is 14.3 Å². The molecule has 0 saturated carbocycles. The van der Waals surface area contributed by atoms with Crippen LogP contribution in [-0.4, -0.2) is 39.4 Å². The molecule has 2 aromatic rings. The fraction of sp³-hybridized carbons (Fsp3) is 0.312. The van der Waals surface area contributed by atoms with E-state index in [1.807, 2.05) is 0 Å². The van der Waals surface area contributed by atoms with Crippen LogP contribution in [0, 0.1) is 10.1 Å². The monoisotopic (exact) mass is 377 g/mol. The summed E-state index contributed by atoms with van der Waals surface area (Å²) in [6, 6.07) is 9.32. The van der Waals surface area contributed by atoms with Crippen LogP contribution < -0.4 is 11.2 Å². The van der Waals surface area contributed by atoms with Gasteiger partial charge in [-0.2, -0.15) is 0 Å². The first-order chi connectivity index (χ1) is 12.9. The quantitative estimate of drug-likeness (QED) is 0.429. The van der Waals surface area contributed by atoms with E-state index in [-0.39, 0.29) is 13.0 Å². The topological polar surface area (TPSA) is 143 Å². The van der Waals surface area contributed by atoms with Crippen molar-refractivity contribution in [1.82, 2.24) is 9.55 Å². The number of benzene rings is 1. The second kappa shape index (κ2) is 7.83. The summed E-state index contributed by atoms with van der Waals surface area (Å²) in [4.78, 5) is 52.5. The molecule has 1 fully saturated rings. The van der Waals surface area contributed by atoms with Gasteiger partial charge in [0.2, 0.25) is 0 Å². The molecule has 0 bridgehead atoms. The number of carbonyl (C=O) groups is 1. The first-order valence-corrected chi connectivity index (χ1v) is 7.94. The van der Waals surface area contributed by atoms with Crippen molar-refractivity contribution >= 4 is 5.97 Å². The van der Waals surface area contributed by atoms with Crippen molar-refractivity contribution in [2.45, 2.75) is 24.9 Å². The van der Waals surface area contributed by atoms with E-state index in [1.54, 1.807) is 30.3 Å². The number of nitrogens with zero attached hydrogens (tertiary/aromatic N) is 2. The number of rotatable bonds is 6. The van der Waals surface area contributed by atoms with Gasteiger partial charge in [0.25, 0.3) is 10.6 Å². The SMILES string of the molecule is O=C(OC[C@H]1O[C@@H](n2ccc(=O)[nH]c2=O)C[C@@H]1O[N+](=O)[O-])c1ccccc1. The first kappa shape index (κ1) is 18.3. The number of aromatic amines is 1. The summed E-state index contributed by atoms with van der Waals surface area (Å²) in [5, 5.41) is 9.75. The average Bonchev–Trinajstić information content (AvgIpc) is 3.02. The lowest BCUT2D eigenvalue weighted by atomic mass is 10.2. The lowest BCUT2D eigenvalue weighted by Gasteiger charge is -2.17. The summed E-state index contributed by atoms with van der Waals surface area (Å²) < 4.78 is 11.8. The van der Waals surface area contributed by atoms with E-state index < -0.39 is 40.7 Å². The van der Waals surface area contributed by atoms with Gasteiger partial charge in [0.15, 0.2) is 0 Å². The van der Waals surface area contributed by atoms with E-state index in [0.717, 1.165) is 10.6 Å². The first-order valence-electron chi connectivity index (χ1n) is 7.94. The van der Waals surface area contributed by atoms with Crippen molar-refractivity contribution in [3.05, 3.63) is 79.1 Å². The summed E-state index contributed by atoms with van der Waals surface area (Å²) >= 11 is 0. The third kappa shape index (κ3) is 4.39. The Balaban J connectivity index is 1.72. The molecule has 0 radical (unpaired) electrons. The van der Waals surface area contributed by atoms with Crippen LogP contribution in [0.2, 0.25) is 0 Å². The van der Waals surface area contributed by atoms with Gasteiger partial charge in [-0.1, -0.05) is 18.2 Å². The van der Waals surface area contributed by atoms with E-state index in [2.05, 4.69) is 9.82 Å². The van der Waals surface area contributed by atoms with Gasteiger partial charge < -0.3 is 14.3 Å². The maximum absolute atomic E-state index is 12.0. The zero-order valence-electron chi connectivity index (χ0n) is 13.8. The molecule has 0 aliphatic carbocycles. The van der Waals surface area contributed by atoms with Gasteiger partial charge in [-0.25, -0.2) is 9.59 Å². The number of nitrogens with one attached hydrogen (secondary N) is 1. The van der Waals surface area contributed by atoms with Crippen LogP contribution in [0.1, 0.15) is 23.0 Å². The highest BCUT2D eigenvalue weighted by Gasteiger charge is 2.40. The summed E-state index contributed by atoms with van der Waals surface area (Å²) in [7, 11) is 0. The molecular formula is C16H15N3O8. The number of hydrogen-bond acceptors (Lipinski definition) is 8. The van der Waals surface area contributed by atoms with Crippen molar-refractivity contribution in [1.29, 1.82) is 0 Å². The van der Waals surface area contributed by atoms with Crippen LogP contribution in [0.3, 0.4) is 0 Å². The summed E-state index contributed by atoms with van der Waals surface area (Å²) in [6.07, 6.45) is -1.76. The molecule has 27 heavy (non-hydrogen) atoms.